The second-order valence-electron chi connectivity index (χ2n) is 8.32. The van der Waals surface area contributed by atoms with Crippen molar-refractivity contribution >= 4 is 58.7 Å². The van der Waals surface area contributed by atoms with Gasteiger partial charge in [0.25, 0.3) is 0 Å². The molecule has 0 aromatic heterocycles. The fourth-order valence-corrected chi connectivity index (χ4v) is 4.27. The van der Waals surface area contributed by atoms with Gasteiger partial charge in [-0.25, -0.2) is 9.98 Å². The van der Waals surface area contributed by atoms with Crippen LogP contribution in [0.2, 0.25) is 0 Å². The molecule has 3 aromatic rings. The van der Waals surface area contributed by atoms with E-state index in [1.165, 1.54) is 18.1 Å². The maximum absolute atomic E-state index is 12.6. The molecule has 1 heterocycles. The second kappa shape index (κ2) is 12.0. The van der Waals surface area contributed by atoms with Crippen LogP contribution in [0.4, 0.5) is 11.4 Å². The summed E-state index contributed by atoms with van der Waals surface area (Å²) in [4.78, 5) is 22.6. The molecule has 186 valence electrons. The van der Waals surface area contributed by atoms with Crippen LogP contribution in [0.5, 0.6) is 5.75 Å². The van der Waals surface area contributed by atoms with Gasteiger partial charge in [0.2, 0.25) is 5.91 Å². The second-order valence-corrected chi connectivity index (χ2v) is 9.27. The molecule has 1 aliphatic heterocycles. The van der Waals surface area contributed by atoms with E-state index in [9.17, 15) is 9.90 Å². The van der Waals surface area contributed by atoms with Crippen molar-refractivity contribution in [2.24, 2.45) is 25.9 Å². The molecule has 0 aliphatic carbocycles. The molecular weight excluding hydrogens is 484 g/mol. The SMILES string of the molecule is CC(C)=Cc1ccccc1N1C(=O)CS/C1=N/N=C\c1ccc(C(N)=NC=Nc2ccc(O)cc2)cc1. The Morgan fingerprint density at radius 2 is 1.76 bits per heavy atom. The minimum absolute atomic E-state index is 0.0263. The molecule has 0 atom stereocenters. The first-order chi connectivity index (χ1) is 17.9. The largest absolute Gasteiger partial charge is 0.508 e. The summed E-state index contributed by atoms with van der Waals surface area (Å²) < 4.78 is 0. The van der Waals surface area contributed by atoms with Gasteiger partial charge in [0, 0.05) is 5.56 Å². The van der Waals surface area contributed by atoms with Crippen molar-refractivity contribution in [3.05, 3.63) is 95.1 Å². The number of aromatic hydroxyl groups is 1. The normalized spacial score (nSPS) is 15.3. The Balaban J connectivity index is 1.45. The topological polar surface area (TPSA) is 116 Å². The molecule has 9 heteroatoms. The van der Waals surface area contributed by atoms with Crippen LogP contribution in [-0.2, 0) is 4.79 Å². The number of carbonyl (C=O) groups is 1. The molecule has 37 heavy (non-hydrogen) atoms. The number of rotatable bonds is 7. The van der Waals surface area contributed by atoms with E-state index in [1.54, 1.807) is 35.4 Å². The lowest BCUT2D eigenvalue weighted by Crippen LogP contribution is -2.29. The average Bonchev–Trinajstić information content (AvgIpc) is 3.25. The zero-order valence-corrected chi connectivity index (χ0v) is 21.3. The number of amides is 1. The number of nitrogens with two attached hydrogens (primary N) is 1. The molecule has 8 nitrogen and oxygen atoms in total. The van der Waals surface area contributed by atoms with Crippen LogP contribution in [0.1, 0.15) is 30.5 Å². The summed E-state index contributed by atoms with van der Waals surface area (Å²) in [5.74, 6) is 0.787. The minimum Gasteiger partial charge on any atom is -0.508 e. The van der Waals surface area contributed by atoms with Gasteiger partial charge in [-0.1, -0.05) is 65.9 Å². The molecule has 0 unspecified atom stereocenters. The first kappa shape index (κ1) is 25.6. The predicted molar refractivity (Wildman–Crippen MR) is 154 cm³/mol. The predicted octanol–water partition coefficient (Wildman–Crippen LogP) is 5.35. The smallest absolute Gasteiger partial charge is 0.243 e. The number of carbonyl (C=O) groups excluding carboxylic acids is 1. The van der Waals surface area contributed by atoms with E-state index in [1.807, 2.05) is 68.5 Å². The van der Waals surface area contributed by atoms with Gasteiger partial charge in [0.15, 0.2) is 5.17 Å². The van der Waals surface area contributed by atoms with E-state index in [2.05, 4.69) is 20.2 Å². The maximum Gasteiger partial charge on any atom is 0.243 e. The number of aliphatic imine (C=N–C) groups is 2. The zero-order valence-electron chi connectivity index (χ0n) is 20.4. The average molecular weight is 511 g/mol. The van der Waals surface area contributed by atoms with Crippen LogP contribution >= 0.6 is 11.8 Å². The fourth-order valence-electron chi connectivity index (χ4n) is 3.45. The molecule has 0 saturated carbocycles. The van der Waals surface area contributed by atoms with E-state index in [-0.39, 0.29) is 11.7 Å². The van der Waals surface area contributed by atoms with Crippen LogP contribution in [0.25, 0.3) is 6.08 Å². The number of para-hydroxylation sites is 1. The Morgan fingerprint density at radius 1 is 1.03 bits per heavy atom. The van der Waals surface area contributed by atoms with Crippen LogP contribution in [0, 0.1) is 0 Å². The molecule has 0 bridgehead atoms. The number of phenolic OH excluding ortho intramolecular Hbond substituents is 1. The minimum atomic E-state index is -0.0263. The van der Waals surface area contributed by atoms with E-state index < -0.39 is 0 Å². The van der Waals surface area contributed by atoms with Gasteiger partial charge in [-0.3, -0.25) is 9.69 Å². The summed E-state index contributed by atoms with van der Waals surface area (Å²) in [5, 5.41) is 18.4. The number of phenols is 1. The number of allylic oxidation sites excluding steroid dienone is 1. The van der Waals surface area contributed by atoms with Gasteiger partial charge in [0.1, 0.15) is 17.9 Å². The summed E-state index contributed by atoms with van der Waals surface area (Å²) in [6, 6.07) is 21.6. The number of benzene rings is 3. The van der Waals surface area contributed by atoms with E-state index >= 15 is 0 Å². The first-order valence-corrected chi connectivity index (χ1v) is 12.5. The maximum atomic E-state index is 12.6. The van der Waals surface area contributed by atoms with Crippen molar-refractivity contribution in [3.8, 4) is 5.75 Å². The summed E-state index contributed by atoms with van der Waals surface area (Å²) in [6.07, 6.45) is 5.04. The van der Waals surface area contributed by atoms with Crippen molar-refractivity contribution in [1.82, 2.24) is 0 Å². The number of hydrogen-bond acceptors (Lipinski definition) is 6. The van der Waals surface area contributed by atoms with Crippen LogP contribution < -0.4 is 10.6 Å². The molecule has 3 N–H and O–H groups in total. The third kappa shape index (κ3) is 6.80. The summed E-state index contributed by atoms with van der Waals surface area (Å²) in [7, 11) is 0. The Bertz CT molecular complexity index is 1420. The van der Waals surface area contributed by atoms with E-state index in [0.717, 1.165) is 28.0 Å². The van der Waals surface area contributed by atoms with Gasteiger partial charge in [-0.2, -0.15) is 5.10 Å². The number of thioether (sulfide) groups is 1. The highest BCUT2D eigenvalue weighted by atomic mass is 32.2. The molecule has 1 saturated heterocycles. The van der Waals surface area contributed by atoms with Gasteiger partial charge in [0.05, 0.1) is 23.3 Å². The molecule has 1 fully saturated rings. The molecule has 0 spiro atoms. The van der Waals surface area contributed by atoms with Crippen LogP contribution in [0.15, 0.2) is 98.6 Å². The summed E-state index contributed by atoms with van der Waals surface area (Å²) in [5.41, 5.74) is 11.2. The van der Waals surface area contributed by atoms with Crippen molar-refractivity contribution in [3.63, 3.8) is 0 Å². The molecule has 4 rings (SSSR count). The van der Waals surface area contributed by atoms with Crippen LogP contribution in [0.3, 0.4) is 0 Å². The number of anilines is 1. The van der Waals surface area contributed by atoms with Crippen molar-refractivity contribution in [1.29, 1.82) is 0 Å². The van der Waals surface area contributed by atoms with Gasteiger partial charge >= 0.3 is 0 Å². The fraction of sp³-hybridized carbons (Fsp3) is 0.107. The Hall–Kier alpha value is -4.50. The lowest BCUT2D eigenvalue weighted by molar-refractivity contribution is -0.115. The van der Waals surface area contributed by atoms with Crippen LogP contribution in [-0.4, -0.2) is 40.3 Å². The number of nitrogens with zero attached hydrogens (tertiary/aromatic N) is 5. The van der Waals surface area contributed by atoms with Crippen molar-refractivity contribution in [2.45, 2.75) is 13.8 Å². The van der Waals surface area contributed by atoms with Crippen molar-refractivity contribution < 1.29 is 9.90 Å². The lowest BCUT2D eigenvalue weighted by Gasteiger charge is -2.18. The van der Waals surface area contributed by atoms with E-state index in [4.69, 9.17) is 5.73 Å². The summed E-state index contributed by atoms with van der Waals surface area (Å²) >= 11 is 1.36. The highest BCUT2D eigenvalue weighted by molar-refractivity contribution is 8.15. The van der Waals surface area contributed by atoms with Gasteiger partial charge in [-0.15, -0.1) is 5.10 Å². The first-order valence-electron chi connectivity index (χ1n) is 11.5. The molecule has 0 radical (unpaired) electrons. The Morgan fingerprint density at radius 3 is 2.49 bits per heavy atom. The highest BCUT2D eigenvalue weighted by Gasteiger charge is 2.31. The monoisotopic (exact) mass is 510 g/mol. The quantitative estimate of drug-likeness (QED) is 0.253. The van der Waals surface area contributed by atoms with E-state index in [0.29, 0.717) is 22.4 Å². The van der Waals surface area contributed by atoms with Gasteiger partial charge < -0.3 is 10.8 Å². The Labute approximate surface area is 219 Å². The third-order valence-electron chi connectivity index (χ3n) is 5.20. The van der Waals surface area contributed by atoms with Crippen molar-refractivity contribution in [2.75, 3.05) is 10.7 Å². The third-order valence-corrected chi connectivity index (χ3v) is 6.11. The molecule has 1 aliphatic rings. The van der Waals surface area contributed by atoms with Gasteiger partial charge in [-0.05, 0) is 55.3 Å². The standard InChI is InChI=1S/C28H26N6O2S/c1-19(2)15-22-5-3-4-6-25(22)34-26(36)17-37-28(34)33-32-16-20-7-9-21(10-8-20)27(29)31-18-30-23-11-13-24(35)14-12-23/h3-16,18,35H,17H2,1-2H3,(H2,29,30,31)/b32-16-,33-28+. The number of hydrogen-bond donors (Lipinski definition) is 2. The molecule has 3 aromatic carbocycles. The highest BCUT2D eigenvalue weighted by Crippen LogP contribution is 2.31. The Kier molecular flexibility index (Phi) is 8.27. The lowest BCUT2D eigenvalue weighted by atomic mass is 10.1. The summed E-state index contributed by atoms with van der Waals surface area (Å²) in [6.45, 7) is 4.04. The molecular formula is C28H26N6O2S. The molecule has 1 amide bonds. The zero-order chi connectivity index (χ0) is 26.2. The number of amidine groups is 2.